The van der Waals surface area contributed by atoms with Crippen molar-refractivity contribution < 1.29 is 4.39 Å². The van der Waals surface area contributed by atoms with Crippen LogP contribution in [0.4, 0.5) is 4.39 Å². The summed E-state index contributed by atoms with van der Waals surface area (Å²) in [5.41, 5.74) is 2.42. The first-order chi connectivity index (χ1) is 10.6. The summed E-state index contributed by atoms with van der Waals surface area (Å²) in [6.45, 7) is 4.20. The van der Waals surface area contributed by atoms with E-state index in [1.807, 2.05) is 12.1 Å². The van der Waals surface area contributed by atoms with Crippen molar-refractivity contribution in [2.75, 3.05) is 33.2 Å². The van der Waals surface area contributed by atoms with Crippen LogP contribution < -0.4 is 5.30 Å². The van der Waals surface area contributed by atoms with Gasteiger partial charge in [0.1, 0.15) is 5.82 Å². The molecule has 22 heavy (non-hydrogen) atoms. The van der Waals surface area contributed by atoms with Crippen molar-refractivity contribution in [3.8, 4) is 0 Å². The molecule has 0 aliphatic carbocycles. The predicted octanol–water partition coefficient (Wildman–Crippen LogP) is 2.66. The van der Waals surface area contributed by atoms with Gasteiger partial charge in [0, 0.05) is 26.2 Å². The lowest BCUT2D eigenvalue weighted by molar-refractivity contribution is 0.127. The number of nitrogens with zero attached hydrogens (tertiary/aromatic N) is 2. The third-order valence-corrected chi connectivity index (χ3v) is 4.73. The number of piperazine rings is 1. The Morgan fingerprint density at radius 2 is 1.36 bits per heavy atom. The van der Waals surface area contributed by atoms with Gasteiger partial charge in [-0.15, -0.1) is 9.24 Å². The van der Waals surface area contributed by atoms with E-state index >= 15 is 0 Å². The quantitative estimate of drug-likeness (QED) is 0.803. The van der Waals surface area contributed by atoms with Crippen LogP contribution in [-0.4, -0.2) is 43.0 Å². The molecule has 1 aliphatic heterocycles. The monoisotopic (exact) mass is 316 g/mol. The molecule has 0 amide bonds. The van der Waals surface area contributed by atoms with Gasteiger partial charge in [0.15, 0.2) is 0 Å². The van der Waals surface area contributed by atoms with Gasteiger partial charge in [-0.3, -0.25) is 4.90 Å². The highest BCUT2D eigenvalue weighted by atomic mass is 31.0. The molecule has 1 saturated heterocycles. The van der Waals surface area contributed by atoms with E-state index in [0.717, 1.165) is 31.7 Å². The first kappa shape index (κ1) is 15.6. The minimum Gasteiger partial charge on any atom is -0.304 e. The zero-order chi connectivity index (χ0) is 15.5. The molecule has 0 radical (unpaired) electrons. The predicted molar refractivity (Wildman–Crippen MR) is 93.1 cm³/mol. The molecule has 2 atom stereocenters. The zero-order valence-corrected chi connectivity index (χ0v) is 14.0. The van der Waals surface area contributed by atoms with Crippen LogP contribution in [-0.2, 0) is 0 Å². The lowest BCUT2D eigenvalue weighted by Crippen LogP contribution is -2.46. The smallest absolute Gasteiger partial charge is 0.123 e. The van der Waals surface area contributed by atoms with Crippen molar-refractivity contribution in [1.29, 1.82) is 0 Å². The van der Waals surface area contributed by atoms with E-state index in [2.05, 4.69) is 50.4 Å². The number of hydrogen-bond donors (Lipinski definition) is 0. The Bertz CT molecular complexity index is 558. The summed E-state index contributed by atoms with van der Waals surface area (Å²) in [5, 5.41) is 1.18. The number of hydrogen-bond acceptors (Lipinski definition) is 2. The van der Waals surface area contributed by atoms with Crippen molar-refractivity contribution in [2.24, 2.45) is 0 Å². The van der Waals surface area contributed by atoms with E-state index in [-0.39, 0.29) is 11.9 Å². The van der Waals surface area contributed by atoms with Gasteiger partial charge in [0.05, 0.1) is 6.04 Å². The fourth-order valence-corrected chi connectivity index (χ4v) is 3.21. The van der Waals surface area contributed by atoms with Crippen molar-refractivity contribution in [1.82, 2.24) is 9.80 Å². The summed E-state index contributed by atoms with van der Waals surface area (Å²) in [6, 6.07) is 15.7. The first-order valence-electron chi connectivity index (χ1n) is 7.67. The summed E-state index contributed by atoms with van der Waals surface area (Å²) in [6.07, 6.45) is 0. The Balaban J connectivity index is 1.94. The van der Waals surface area contributed by atoms with Gasteiger partial charge in [-0.25, -0.2) is 4.39 Å². The van der Waals surface area contributed by atoms with E-state index < -0.39 is 0 Å². The summed E-state index contributed by atoms with van der Waals surface area (Å²) in [5.74, 6) is -0.179. The summed E-state index contributed by atoms with van der Waals surface area (Å²) in [4.78, 5) is 4.84. The third-order valence-electron chi connectivity index (χ3n) is 4.34. The average molecular weight is 316 g/mol. The summed E-state index contributed by atoms with van der Waals surface area (Å²) < 4.78 is 13.3. The van der Waals surface area contributed by atoms with Crippen LogP contribution in [0, 0.1) is 5.82 Å². The maximum Gasteiger partial charge on any atom is 0.123 e. The van der Waals surface area contributed by atoms with Crippen molar-refractivity contribution in [3.05, 3.63) is 65.5 Å². The largest absolute Gasteiger partial charge is 0.304 e. The van der Waals surface area contributed by atoms with Crippen LogP contribution in [0.15, 0.2) is 48.5 Å². The van der Waals surface area contributed by atoms with Crippen molar-refractivity contribution in [2.45, 2.75) is 6.04 Å². The minimum atomic E-state index is -0.179. The summed E-state index contributed by atoms with van der Waals surface area (Å²) >= 11 is 0. The lowest BCUT2D eigenvalue weighted by Gasteiger charge is -2.38. The van der Waals surface area contributed by atoms with Gasteiger partial charge in [0.2, 0.25) is 0 Å². The van der Waals surface area contributed by atoms with Gasteiger partial charge in [-0.2, -0.15) is 0 Å². The highest BCUT2D eigenvalue weighted by Gasteiger charge is 2.25. The van der Waals surface area contributed by atoms with Gasteiger partial charge < -0.3 is 4.90 Å². The minimum absolute atomic E-state index is 0.179. The highest BCUT2D eigenvalue weighted by molar-refractivity contribution is 7.27. The topological polar surface area (TPSA) is 6.48 Å². The number of likely N-dealkylation sites (N-methyl/N-ethyl adjacent to an activating group) is 1. The Morgan fingerprint density at radius 1 is 0.864 bits per heavy atom. The Kier molecular flexibility index (Phi) is 4.87. The number of rotatable bonds is 3. The molecule has 1 heterocycles. The van der Waals surface area contributed by atoms with Crippen LogP contribution in [0.2, 0.25) is 0 Å². The van der Waals surface area contributed by atoms with Gasteiger partial charge in [-0.1, -0.05) is 36.4 Å². The Morgan fingerprint density at radius 3 is 1.91 bits per heavy atom. The SMILES string of the molecule is CN1CCN(C(c2ccc(F)cc2)c2ccc(P)cc2)CC1. The van der Waals surface area contributed by atoms with E-state index in [1.54, 1.807) is 12.1 Å². The van der Waals surface area contributed by atoms with Crippen LogP contribution in [0.1, 0.15) is 17.2 Å². The maximum atomic E-state index is 13.3. The highest BCUT2D eigenvalue weighted by Crippen LogP contribution is 2.29. The molecular weight excluding hydrogens is 294 g/mol. The Hall–Kier alpha value is -1.28. The van der Waals surface area contributed by atoms with Gasteiger partial charge in [-0.05, 0) is 35.6 Å². The van der Waals surface area contributed by atoms with E-state index in [4.69, 9.17) is 0 Å². The van der Waals surface area contributed by atoms with Crippen LogP contribution in [0.5, 0.6) is 0 Å². The lowest BCUT2D eigenvalue weighted by atomic mass is 9.96. The molecule has 2 nitrogen and oxygen atoms in total. The zero-order valence-electron chi connectivity index (χ0n) is 12.9. The molecule has 2 unspecified atom stereocenters. The molecule has 0 saturated carbocycles. The third kappa shape index (κ3) is 3.55. The molecule has 2 aromatic rings. The molecule has 0 N–H and O–H groups in total. The second kappa shape index (κ2) is 6.87. The van der Waals surface area contributed by atoms with E-state index in [0.29, 0.717) is 0 Å². The first-order valence-corrected chi connectivity index (χ1v) is 8.25. The van der Waals surface area contributed by atoms with Crippen molar-refractivity contribution in [3.63, 3.8) is 0 Å². The molecular formula is C18H22FN2P. The van der Waals surface area contributed by atoms with Gasteiger partial charge in [0.25, 0.3) is 0 Å². The second-order valence-corrected chi connectivity index (χ2v) is 6.63. The molecule has 0 bridgehead atoms. The maximum absolute atomic E-state index is 13.3. The Labute approximate surface area is 134 Å². The molecule has 1 aliphatic rings. The molecule has 3 rings (SSSR count). The molecule has 116 valence electrons. The fraction of sp³-hybridized carbons (Fsp3) is 0.333. The van der Waals surface area contributed by atoms with E-state index in [9.17, 15) is 4.39 Å². The molecule has 4 heteroatoms. The van der Waals surface area contributed by atoms with Crippen LogP contribution in [0.25, 0.3) is 0 Å². The normalized spacial score (nSPS) is 18.3. The standard InChI is InChI=1S/C18H22FN2P/c1-20-10-12-21(13-11-20)18(14-2-6-16(19)7-3-14)15-4-8-17(22)9-5-15/h2-9,18H,10-13,22H2,1H3. The van der Waals surface area contributed by atoms with Gasteiger partial charge >= 0.3 is 0 Å². The van der Waals surface area contributed by atoms with Crippen LogP contribution >= 0.6 is 9.24 Å². The number of benzene rings is 2. The average Bonchev–Trinajstić information content (AvgIpc) is 2.53. The van der Waals surface area contributed by atoms with Crippen LogP contribution in [0.3, 0.4) is 0 Å². The van der Waals surface area contributed by atoms with E-state index in [1.165, 1.54) is 10.9 Å². The fourth-order valence-electron chi connectivity index (χ4n) is 3.02. The molecule has 0 aromatic heterocycles. The second-order valence-electron chi connectivity index (χ2n) is 5.96. The van der Waals surface area contributed by atoms with Crippen molar-refractivity contribution >= 4 is 14.5 Å². The number of halogens is 1. The summed E-state index contributed by atoms with van der Waals surface area (Å²) in [7, 11) is 4.88. The molecule has 2 aromatic carbocycles. The molecule has 0 spiro atoms. The molecule has 1 fully saturated rings.